The number of fused-ring (bicyclic) bond motifs is 1. The van der Waals surface area contributed by atoms with Crippen LogP contribution in [-0.4, -0.2) is 14.5 Å². The zero-order valence-corrected chi connectivity index (χ0v) is 15.5. The molecule has 0 spiro atoms. The van der Waals surface area contributed by atoms with Crippen LogP contribution < -0.4 is 5.32 Å². The van der Waals surface area contributed by atoms with Crippen molar-refractivity contribution in [2.24, 2.45) is 7.05 Å². The smallest absolute Gasteiger partial charge is 0.168 e. The van der Waals surface area contributed by atoms with E-state index < -0.39 is 0 Å². The Hall–Kier alpha value is -2.31. The summed E-state index contributed by atoms with van der Waals surface area (Å²) in [5.74, 6) is 0.795. The molecule has 1 aromatic carbocycles. The fourth-order valence-electron chi connectivity index (χ4n) is 2.68. The number of rotatable bonds is 6. The molecule has 126 valence electrons. The number of nitrogens with one attached hydrogen (secondary N) is 1. The van der Waals surface area contributed by atoms with Crippen molar-refractivity contribution in [3.05, 3.63) is 70.8 Å². The number of benzene rings is 1. The number of thioether (sulfide) groups is 1. The summed E-state index contributed by atoms with van der Waals surface area (Å²) in [6.07, 6.45) is 3.79. The van der Waals surface area contributed by atoms with Gasteiger partial charge in [-0.1, -0.05) is 36.0 Å². The van der Waals surface area contributed by atoms with E-state index >= 15 is 0 Å². The highest BCUT2D eigenvalue weighted by atomic mass is 32.2. The number of imidazole rings is 1. The van der Waals surface area contributed by atoms with Crippen molar-refractivity contribution in [2.45, 2.75) is 17.5 Å². The minimum Gasteiger partial charge on any atom is -0.380 e. The lowest BCUT2D eigenvalue weighted by Crippen LogP contribution is -2.01. The molecule has 25 heavy (non-hydrogen) atoms. The van der Waals surface area contributed by atoms with Crippen molar-refractivity contribution in [3.8, 4) is 0 Å². The number of pyridine rings is 1. The SMILES string of the molecule is Cn1ccnc1SCc1cc(NCc2cccs2)c2ccccc2n1. The van der Waals surface area contributed by atoms with Crippen LogP contribution in [0.25, 0.3) is 10.9 Å². The first-order valence-electron chi connectivity index (χ1n) is 8.04. The van der Waals surface area contributed by atoms with Crippen molar-refractivity contribution in [2.75, 3.05) is 5.32 Å². The van der Waals surface area contributed by atoms with Crippen molar-refractivity contribution in [3.63, 3.8) is 0 Å². The standard InChI is InChI=1S/C19H18N4S2/c1-23-9-8-20-19(23)25-13-14-11-18(21-12-15-5-4-10-24-15)16-6-2-3-7-17(16)22-14/h2-11H,12-13H2,1H3,(H,21,22). The fourth-order valence-corrected chi connectivity index (χ4v) is 4.14. The molecule has 6 heteroatoms. The second kappa shape index (κ2) is 7.29. The van der Waals surface area contributed by atoms with Gasteiger partial charge in [-0.15, -0.1) is 11.3 Å². The Bertz CT molecular complexity index is 976. The summed E-state index contributed by atoms with van der Waals surface area (Å²) in [7, 11) is 2.01. The van der Waals surface area contributed by atoms with Gasteiger partial charge in [0.15, 0.2) is 5.16 Å². The molecule has 3 heterocycles. The molecule has 0 unspecified atom stereocenters. The topological polar surface area (TPSA) is 42.7 Å². The lowest BCUT2D eigenvalue weighted by Gasteiger charge is -2.11. The Morgan fingerprint density at radius 1 is 1.20 bits per heavy atom. The number of thiophene rings is 1. The normalized spacial score (nSPS) is 11.1. The second-order valence-electron chi connectivity index (χ2n) is 5.72. The fraction of sp³-hybridized carbons (Fsp3) is 0.158. The van der Waals surface area contributed by atoms with Crippen molar-refractivity contribution < 1.29 is 0 Å². The van der Waals surface area contributed by atoms with Gasteiger partial charge in [-0.25, -0.2) is 4.98 Å². The van der Waals surface area contributed by atoms with Gasteiger partial charge in [0, 0.05) is 47.7 Å². The van der Waals surface area contributed by atoms with Gasteiger partial charge >= 0.3 is 0 Å². The van der Waals surface area contributed by atoms with E-state index in [9.17, 15) is 0 Å². The van der Waals surface area contributed by atoms with Crippen LogP contribution in [0, 0.1) is 0 Å². The molecule has 0 atom stereocenters. The van der Waals surface area contributed by atoms with Crippen molar-refractivity contribution in [1.82, 2.24) is 14.5 Å². The van der Waals surface area contributed by atoms with Crippen LogP contribution in [0.4, 0.5) is 5.69 Å². The number of anilines is 1. The third kappa shape index (κ3) is 3.70. The van der Waals surface area contributed by atoms with Crippen LogP contribution in [0.5, 0.6) is 0 Å². The van der Waals surface area contributed by atoms with Crippen LogP contribution in [0.15, 0.2) is 65.4 Å². The van der Waals surface area contributed by atoms with Gasteiger partial charge in [-0.05, 0) is 23.6 Å². The lowest BCUT2D eigenvalue weighted by atomic mass is 10.1. The minimum absolute atomic E-state index is 0.795. The summed E-state index contributed by atoms with van der Waals surface area (Å²) in [5, 5.41) is 7.84. The largest absolute Gasteiger partial charge is 0.380 e. The Morgan fingerprint density at radius 3 is 2.92 bits per heavy atom. The molecule has 4 rings (SSSR count). The summed E-state index contributed by atoms with van der Waals surface area (Å²) in [6, 6.07) is 14.7. The quantitative estimate of drug-likeness (QED) is 0.491. The van der Waals surface area contributed by atoms with E-state index in [-0.39, 0.29) is 0 Å². The average molecular weight is 367 g/mol. The first-order valence-corrected chi connectivity index (χ1v) is 9.91. The Kier molecular flexibility index (Phi) is 4.72. The summed E-state index contributed by atoms with van der Waals surface area (Å²) in [4.78, 5) is 10.5. The number of aryl methyl sites for hydroxylation is 1. The number of hydrogen-bond donors (Lipinski definition) is 1. The zero-order valence-electron chi connectivity index (χ0n) is 13.8. The van der Waals surface area contributed by atoms with Crippen molar-refractivity contribution >= 4 is 39.7 Å². The molecule has 4 aromatic rings. The summed E-state index contributed by atoms with van der Waals surface area (Å²) < 4.78 is 2.03. The maximum Gasteiger partial charge on any atom is 0.168 e. The van der Waals surface area contributed by atoms with E-state index in [2.05, 4.69) is 52.1 Å². The van der Waals surface area contributed by atoms with E-state index in [0.29, 0.717) is 0 Å². The van der Waals surface area contributed by atoms with E-state index in [1.807, 2.05) is 30.1 Å². The molecule has 0 aliphatic heterocycles. The highest BCUT2D eigenvalue weighted by molar-refractivity contribution is 7.98. The zero-order chi connectivity index (χ0) is 17.1. The summed E-state index contributed by atoms with van der Waals surface area (Å²) in [6.45, 7) is 0.831. The minimum atomic E-state index is 0.795. The Morgan fingerprint density at radius 2 is 2.12 bits per heavy atom. The second-order valence-corrected chi connectivity index (χ2v) is 7.70. The molecule has 0 aliphatic rings. The third-order valence-corrected chi connectivity index (χ3v) is 5.90. The molecular weight excluding hydrogens is 348 g/mol. The maximum atomic E-state index is 4.81. The van der Waals surface area contributed by atoms with E-state index in [0.717, 1.165) is 39.7 Å². The number of hydrogen-bond acceptors (Lipinski definition) is 5. The summed E-state index contributed by atoms with van der Waals surface area (Å²) >= 11 is 3.47. The van der Waals surface area contributed by atoms with Gasteiger partial charge in [-0.2, -0.15) is 0 Å². The van der Waals surface area contributed by atoms with Crippen LogP contribution in [0.3, 0.4) is 0 Å². The monoisotopic (exact) mass is 366 g/mol. The average Bonchev–Trinajstić information content (AvgIpc) is 3.29. The van der Waals surface area contributed by atoms with E-state index in [1.54, 1.807) is 23.1 Å². The molecule has 4 nitrogen and oxygen atoms in total. The molecule has 0 bridgehead atoms. The van der Waals surface area contributed by atoms with Gasteiger partial charge in [0.05, 0.1) is 11.2 Å². The van der Waals surface area contributed by atoms with Gasteiger partial charge in [0.25, 0.3) is 0 Å². The van der Waals surface area contributed by atoms with Crippen molar-refractivity contribution in [1.29, 1.82) is 0 Å². The van der Waals surface area contributed by atoms with Gasteiger partial charge in [0.1, 0.15) is 0 Å². The maximum absolute atomic E-state index is 4.81. The number of para-hydroxylation sites is 1. The molecule has 0 saturated carbocycles. The van der Waals surface area contributed by atoms with E-state index in [1.165, 1.54) is 4.88 Å². The molecule has 1 N–H and O–H groups in total. The van der Waals surface area contributed by atoms with Crippen LogP contribution in [-0.2, 0) is 19.3 Å². The molecule has 0 aliphatic carbocycles. The predicted octanol–water partition coefficient (Wildman–Crippen LogP) is 4.93. The van der Waals surface area contributed by atoms with Gasteiger partial charge < -0.3 is 9.88 Å². The molecule has 0 amide bonds. The molecular formula is C19H18N4S2. The third-order valence-electron chi connectivity index (χ3n) is 3.93. The lowest BCUT2D eigenvalue weighted by molar-refractivity contribution is 0.789. The highest BCUT2D eigenvalue weighted by Gasteiger charge is 2.08. The van der Waals surface area contributed by atoms with Gasteiger partial charge in [-0.3, -0.25) is 4.98 Å². The number of nitrogens with zero attached hydrogens (tertiary/aromatic N) is 3. The first kappa shape index (κ1) is 16.2. The van der Waals surface area contributed by atoms with Crippen LogP contribution >= 0.6 is 23.1 Å². The Balaban J connectivity index is 1.60. The first-order chi connectivity index (χ1) is 12.3. The number of aromatic nitrogens is 3. The molecule has 0 radical (unpaired) electrons. The molecule has 0 fully saturated rings. The highest BCUT2D eigenvalue weighted by Crippen LogP contribution is 2.27. The van der Waals surface area contributed by atoms with Gasteiger partial charge in [0.2, 0.25) is 0 Å². The van der Waals surface area contributed by atoms with Crippen LogP contribution in [0.1, 0.15) is 10.6 Å². The summed E-state index contributed by atoms with van der Waals surface area (Å²) in [5.41, 5.74) is 3.21. The molecule has 0 saturated heterocycles. The van der Waals surface area contributed by atoms with E-state index in [4.69, 9.17) is 4.98 Å². The van der Waals surface area contributed by atoms with Crippen LogP contribution in [0.2, 0.25) is 0 Å². The Labute approximate surface area is 154 Å². The predicted molar refractivity (Wildman–Crippen MR) is 106 cm³/mol. The molecule has 3 aromatic heterocycles.